The molecule has 1 amide bonds. The second kappa shape index (κ2) is 9.25. The fourth-order valence-corrected chi connectivity index (χ4v) is 2.88. The van der Waals surface area contributed by atoms with Crippen LogP contribution < -0.4 is 10.6 Å². The summed E-state index contributed by atoms with van der Waals surface area (Å²) in [6.45, 7) is 5.86. The van der Waals surface area contributed by atoms with Gasteiger partial charge >= 0.3 is 0 Å². The molecule has 23 heavy (non-hydrogen) atoms. The summed E-state index contributed by atoms with van der Waals surface area (Å²) < 4.78 is 23.7. The second-order valence-electron chi connectivity index (χ2n) is 6.33. The molecular formula is C16H27ClN2O3S. The van der Waals surface area contributed by atoms with Crippen LogP contribution in [0.25, 0.3) is 0 Å². The minimum absolute atomic E-state index is 0. The molecule has 0 saturated carbocycles. The number of halogens is 1. The first-order valence-corrected chi connectivity index (χ1v) is 9.06. The zero-order chi connectivity index (χ0) is 16.8. The number of hydrogen-bond donors (Lipinski definition) is 2. The van der Waals surface area contributed by atoms with Crippen LogP contribution in [0.2, 0.25) is 0 Å². The van der Waals surface area contributed by atoms with Gasteiger partial charge in [-0.3, -0.25) is 4.79 Å². The Bertz CT molecular complexity index is 610. The predicted octanol–water partition coefficient (Wildman–Crippen LogP) is 2.76. The monoisotopic (exact) mass is 362 g/mol. The summed E-state index contributed by atoms with van der Waals surface area (Å²) in [6, 6.07) is 7.01. The molecule has 1 aromatic carbocycles. The van der Waals surface area contributed by atoms with Crippen LogP contribution in [-0.2, 0) is 20.4 Å². The molecular weight excluding hydrogens is 336 g/mol. The van der Waals surface area contributed by atoms with Crippen LogP contribution in [0.15, 0.2) is 24.3 Å². The number of benzene rings is 1. The number of amides is 1. The maximum Gasteiger partial charge on any atom is 0.224 e. The summed E-state index contributed by atoms with van der Waals surface area (Å²) in [7, 11) is -1.39. The third-order valence-electron chi connectivity index (χ3n) is 3.33. The van der Waals surface area contributed by atoms with E-state index in [0.717, 1.165) is 13.0 Å². The van der Waals surface area contributed by atoms with Crippen molar-refractivity contribution in [1.82, 2.24) is 5.32 Å². The van der Waals surface area contributed by atoms with Crippen LogP contribution in [0.1, 0.15) is 39.2 Å². The van der Waals surface area contributed by atoms with Gasteiger partial charge in [-0.25, -0.2) is 8.42 Å². The first kappa shape index (κ1) is 21.9. The summed E-state index contributed by atoms with van der Waals surface area (Å²) in [6.07, 6.45) is 1.20. The molecule has 0 bridgehead atoms. The van der Waals surface area contributed by atoms with Gasteiger partial charge in [0.25, 0.3) is 0 Å². The fourth-order valence-electron chi connectivity index (χ4n) is 1.82. The SMILES string of the molecule is CNCCCC(=O)Nc1cccc(CS(=O)(=O)C(C)(C)C)c1.Cl. The molecule has 0 unspecified atom stereocenters. The van der Waals surface area contributed by atoms with E-state index in [1.165, 1.54) is 0 Å². The Kier molecular flexibility index (Phi) is 8.80. The van der Waals surface area contributed by atoms with E-state index in [1.807, 2.05) is 7.05 Å². The fraction of sp³-hybridized carbons (Fsp3) is 0.562. The minimum atomic E-state index is -3.23. The van der Waals surface area contributed by atoms with E-state index in [-0.39, 0.29) is 24.1 Å². The highest BCUT2D eigenvalue weighted by Crippen LogP contribution is 2.22. The van der Waals surface area contributed by atoms with Crippen molar-refractivity contribution in [3.63, 3.8) is 0 Å². The van der Waals surface area contributed by atoms with Crippen molar-refractivity contribution in [3.05, 3.63) is 29.8 Å². The third-order valence-corrected chi connectivity index (χ3v) is 5.91. The van der Waals surface area contributed by atoms with E-state index in [9.17, 15) is 13.2 Å². The highest BCUT2D eigenvalue weighted by molar-refractivity contribution is 7.91. The highest BCUT2D eigenvalue weighted by atomic mass is 35.5. The topological polar surface area (TPSA) is 75.3 Å². The largest absolute Gasteiger partial charge is 0.326 e. The standard InChI is InChI=1S/C16H26N2O3S.ClH/c1-16(2,3)22(20,21)12-13-7-5-8-14(11-13)18-15(19)9-6-10-17-4;/h5,7-8,11,17H,6,9-10,12H2,1-4H3,(H,18,19);1H. The lowest BCUT2D eigenvalue weighted by molar-refractivity contribution is -0.116. The Morgan fingerprint density at radius 1 is 1.22 bits per heavy atom. The van der Waals surface area contributed by atoms with E-state index in [2.05, 4.69) is 10.6 Å². The van der Waals surface area contributed by atoms with Crippen LogP contribution in [0, 0.1) is 0 Å². The summed E-state index contributed by atoms with van der Waals surface area (Å²) in [4.78, 5) is 11.8. The van der Waals surface area contributed by atoms with Gasteiger partial charge in [0, 0.05) is 12.1 Å². The summed E-state index contributed by atoms with van der Waals surface area (Å²) in [5.41, 5.74) is 1.32. The molecule has 0 spiro atoms. The van der Waals surface area contributed by atoms with Crippen molar-refractivity contribution in [2.75, 3.05) is 18.9 Å². The van der Waals surface area contributed by atoms with Gasteiger partial charge in [-0.15, -0.1) is 12.4 Å². The lowest BCUT2D eigenvalue weighted by Gasteiger charge is -2.19. The third kappa shape index (κ3) is 7.33. The molecule has 1 aromatic rings. The van der Waals surface area contributed by atoms with Gasteiger partial charge in [-0.05, 0) is 58.5 Å². The number of nitrogens with one attached hydrogen (secondary N) is 2. The molecule has 1 rings (SSSR count). The summed E-state index contributed by atoms with van der Waals surface area (Å²) >= 11 is 0. The Morgan fingerprint density at radius 3 is 2.43 bits per heavy atom. The maximum absolute atomic E-state index is 12.2. The van der Waals surface area contributed by atoms with Gasteiger partial charge in [-0.2, -0.15) is 0 Å². The zero-order valence-corrected chi connectivity index (χ0v) is 15.8. The van der Waals surface area contributed by atoms with Crippen LogP contribution in [0.4, 0.5) is 5.69 Å². The first-order valence-electron chi connectivity index (χ1n) is 7.41. The van der Waals surface area contributed by atoms with Crippen LogP contribution >= 0.6 is 12.4 Å². The molecule has 2 N–H and O–H groups in total. The first-order chi connectivity index (χ1) is 10.2. The van der Waals surface area contributed by atoms with Crippen molar-refractivity contribution >= 4 is 33.8 Å². The number of rotatable bonds is 7. The second-order valence-corrected chi connectivity index (χ2v) is 9.07. The zero-order valence-electron chi connectivity index (χ0n) is 14.2. The number of sulfone groups is 1. The van der Waals surface area contributed by atoms with Crippen molar-refractivity contribution in [1.29, 1.82) is 0 Å². The molecule has 0 aliphatic heterocycles. The Labute approximate surface area is 145 Å². The summed E-state index contributed by atoms with van der Waals surface area (Å²) in [5, 5.41) is 5.79. The van der Waals surface area contributed by atoms with Crippen molar-refractivity contribution in [2.24, 2.45) is 0 Å². The molecule has 0 saturated heterocycles. The molecule has 5 nitrogen and oxygen atoms in total. The van der Waals surface area contributed by atoms with Crippen LogP contribution in [-0.4, -0.2) is 32.7 Å². The molecule has 7 heteroatoms. The van der Waals surface area contributed by atoms with Gasteiger partial charge in [0.05, 0.1) is 10.5 Å². The Balaban J connectivity index is 0.00000484. The minimum Gasteiger partial charge on any atom is -0.326 e. The van der Waals surface area contributed by atoms with E-state index in [0.29, 0.717) is 17.7 Å². The highest BCUT2D eigenvalue weighted by Gasteiger charge is 2.28. The molecule has 0 fully saturated rings. The number of carbonyl (C=O) groups excluding carboxylic acids is 1. The predicted molar refractivity (Wildman–Crippen MR) is 97.9 cm³/mol. The molecule has 0 aliphatic rings. The van der Waals surface area contributed by atoms with Crippen molar-refractivity contribution in [3.8, 4) is 0 Å². The molecule has 0 radical (unpaired) electrons. The Morgan fingerprint density at radius 2 is 1.87 bits per heavy atom. The quantitative estimate of drug-likeness (QED) is 0.731. The lowest BCUT2D eigenvalue weighted by Crippen LogP contribution is -2.29. The Hall–Kier alpha value is -1.11. The average Bonchev–Trinajstić information content (AvgIpc) is 2.37. The van der Waals surface area contributed by atoms with Gasteiger partial charge in [-0.1, -0.05) is 12.1 Å². The maximum atomic E-state index is 12.2. The smallest absolute Gasteiger partial charge is 0.224 e. The van der Waals surface area contributed by atoms with E-state index >= 15 is 0 Å². The molecule has 0 aliphatic carbocycles. The van der Waals surface area contributed by atoms with E-state index in [4.69, 9.17) is 0 Å². The number of hydrogen-bond acceptors (Lipinski definition) is 4. The van der Waals surface area contributed by atoms with Crippen molar-refractivity contribution in [2.45, 2.75) is 44.1 Å². The molecule has 0 aromatic heterocycles. The number of anilines is 1. The van der Waals surface area contributed by atoms with Crippen LogP contribution in [0.3, 0.4) is 0 Å². The van der Waals surface area contributed by atoms with E-state index in [1.54, 1.807) is 45.0 Å². The van der Waals surface area contributed by atoms with E-state index < -0.39 is 14.6 Å². The van der Waals surface area contributed by atoms with Crippen LogP contribution in [0.5, 0.6) is 0 Å². The summed E-state index contributed by atoms with van der Waals surface area (Å²) in [5.74, 6) is -0.0916. The molecule has 0 atom stereocenters. The molecule has 0 heterocycles. The number of carbonyl (C=O) groups is 1. The van der Waals surface area contributed by atoms with Gasteiger partial charge in [0.2, 0.25) is 5.91 Å². The normalized spacial score (nSPS) is 11.7. The lowest BCUT2D eigenvalue weighted by atomic mass is 10.2. The van der Waals surface area contributed by atoms with Gasteiger partial charge in [0.15, 0.2) is 9.84 Å². The van der Waals surface area contributed by atoms with Gasteiger partial charge in [0.1, 0.15) is 0 Å². The average molecular weight is 363 g/mol. The molecule has 132 valence electrons. The van der Waals surface area contributed by atoms with Crippen molar-refractivity contribution < 1.29 is 13.2 Å². The van der Waals surface area contributed by atoms with Gasteiger partial charge < -0.3 is 10.6 Å².